The Morgan fingerprint density at radius 2 is 1.68 bits per heavy atom. The molecule has 0 aliphatic heterocycles. The predicted molar refractivity (Wildman–Crippen MR) is 68.9 cm³/mol. The fourth-order valence-electron chi connectivity index (χ4n) is 1.70. The van der Waals surface area contributed by atoms with Gasteiger partial charge in [0.25, 0.3) is 0 Å². The molecule has 0 bridgehead atoms. The number of esters is 1. The first-order chi connectivity index (χ1) is 10.3. The highest BCUT2D eigenvalue weighted by Gasteiger charge is 2.31. The van der Waals surface area contributed by atoms with Crippen molar-refractivity contribution in [2.24, 2.45) is 0 Å². The van der Waals surface area contributed by atoms with Crippen LogP contribution in [0.2, 0.25) is 0 Å². The van der Waals surface area contributed by atoms with Gasteiger partial charge in [-0.2, -0.15) is 0 Å². The van der Waals surface area contributed by atoms with Crippen LogP contribution >= 0.6 is 0 Å². The van der Waals surface area contributed by atoms with Crippen LogP contribution in [0.25, 0.3) is 0 Å². The first-order valence-corrected chi connectivity index (χ1v) is 6.13. The van der Waals surface area contributed by atoms with E-state index in [1.54, 1.807) is 18.2 Å². The van der Waals surface area contributed by atoms with Crippen LogP contribution in [0.15, 0.2) is 48.5 Å². The smallest absolute Gasteiger partial charge is 0.426 e. The van der Waals surface area contributed by atoms with E-state index < -0.39 is 30.3 Å². The van der Waals surface area contributed by atoms with E-state index >= 15 is 0 Å². The lowest BCUT2D eigenvalue weighted by atomic mass is 10.1. The van der Waals surface area contributed by atoms with Gasteiger partial charge in [-0.25, -0.2) is 4.39 Å². The Kier molecular flexibility index (Phi) is 4.65. The fourth-order valence-corrected chi connectivity index (χ4v) is 1.70. The van der Waals surface area contributed by atoms with Crippen LogP contribution in [-0.4, -0.2) is 12.3 Å². The number of carbonyl (C=O) groups is 1. The topological polar surface area (TPSA) is 35.5 Å². The molecule has 0 aliphatic rings. The minimum Gasteiger partial charge on any atom is -0.426 e. The minimum atomic E-state index is -4.89. The molecule has 0 unspecified atom stereocenters. The molecule has 0 atom stereocenters. The summed E-state index contributed by atoms with van der Waals surface area (Å²) >= 11 is 0. The van der Waals surface area contributed by atoms with Crippen molar-refractivity contribution in [2.75, 3.05) is 0 Å². The van der Waals surface area contributed by atoms with Crippen molar-refractivity contribution in [1.82, 2.24) is 0 Å². The number of carbonyl (C=O) groups excluding carboxylic acids is 1. The monoisotopic (exact) mass is 314 g/mol. The molecular formula is C15H10F4O3. The van der Waals surface area contributed by atoms with Gasteiger partial charge in [0.15, 0.2) is 0 Å². The number of hydrogen-bond donors (Lipinski definition) is 0. The van der Waals surface area contributed by atoms with Crippen LogP contribution in [-0.2, 0) is 11.2 Å². The van der Waals surface area contributed by atoms with Gasteiger partial charge >= 0.3 is 12.3 Å². The van der Waals surface area contributed by atoms with E-state index in [4.69, 9.17) is 4.74 Å². The molecule has 116 valence electrons. The van der Waals surface area contributed by atoms with Crippen molar-refractivity contribution in [3.8, 4) is 11.5 Å². The van der Waals surface area contributed by atoms with Gasteiger partial charge < -0.3 is 9.47 Å². The fraction of sp³-hybridized carbons (Fsp3) is 0.133. The number of halogens is 4. The van der Waals surface area contributed by atoms with Crippen molar-refractivity contribution in [1.29, 1.82) is 0 Å². The van der Waals surface area contributed by atoms with Crippen LogP contribution in [0.1, 0.15) is 5.56 Å². The molecule has 0 spiro atoms. The maximum Gasteiger partial charge on any atom is 0.573 e. The molecule has 2 aromatic carbocycles. The summed E-state index contributed by atoms with van der Waals surface area (Å²) in [5, 5.41) is 0. The number of rotatable bonds is 4. The first kappa shape index (κ1) is 15.8. The van der Waals surface area contributed by atoms with Crippen LogP contribution in [0.5, 0.6) is 11.5 Å². The van der Waals surface area contributed by atoms with Crippen molar-refractivity contribution >= 4 is 5.97 Å². The molecule has 3 nitrogen and oxygen atoms in total. The summed E-state index contributed by atoms with van der Waals surface area (Å²) in [6.07, 6.45) is -5.41. The quantitative estimate of drug-likeness (QED) is 0.488. The Hall–Kier alpha value is -2.57. The zero-order valence-electron chi connectivity index (χ0n) is 11.1. The average molecular weight is 314 g/mol. The van der Waals surface area contributed by atoms with Crippen molar-refractivity contribution in [2.45, 2.75) is 12.8 Å². The summed E-state index contributed by atoms with van der Waals surface area (Å²) in [7, 11) is 0. The molecule has 2 rings (SSSR count). The van der Waals surface area contributed by atoms with E-state index in [1.807, 2.05) is 0 Å². The third kappa shape index (κ3) is 4.76. The van der Waals surface area contributed by atoms with Crippen LogP contribution in [0, 0.1) is 5.82 Å². The molecule has 2 aromatic rings. The zero-order valence-corrected chi connectivity index (χ0v) is 11.1. The lowest BCUT2D eigenvalue weighted by Crippen LogP contribution is -2.18. The van der Waals surface area contributed by atoms with Crippen molar-refractivity contribution < 1.29 is 31.8 Å². The summed E-state index contributed by atoms with van der Waals surface area (Å²) in [5.41, 5.74) is -0.248. The molecule has 7 heteroatoms. The summed E-state index contributed by atoms with van der Waals surface area (Å²) in [4.78, 5) is 11.7. The van der Waals surface area contributed by atoms with E-state index in [2.05, 4.69) is 4.74 Å². The van der Waals surface area contributed by atoms with Gasteiger partial charge in [-0.05, 0) is 30.3 Å². The highest BCUT2D eigenvalue weighted by molar-refractivity contribution is 5.75. The van der Waals surface area contributed by atoms with Gasteiger partial charge in [0.2, 0.25) is 0 Å². The molecule has 0 heterocycles. The van der Waals surface area contributed by atoms with E-state index in [1.165, 1.54) is 12.1 Å². The van der Waals surface area contributed by atoms with Gasteiger partial charge in [0, 0.05) is 5.56 Å². The molecule has 0 saturated carbocycles. The van der Waals surface area contributed by atoms with Crippen molar-refractivity contribution in [3.05, 3.63) is 59.9 Å². The number of para-hydroxylation sites is 1. The third-order valence-corrected chi connectivity index (χ3v) is 2.56. The lowest BCUT2D eigenvalue weighted by molar-refractivity contribution is -0.274. The predicted octanol–water partition coefficient (Wildman–Crippen LogP) is 3.87. The highest BCUT2D eigenvalue weighted by Crippen LogP contribution is 2.25. The number of alkyl halides is 3. The molecular weight excluding hydrogens is 304 g/mol. The Balaban J connectivity index is 2.08. The number of benzene rings is 2. The second-order valence-corrected chi connectivity index (χ2v) is 4.26. The largest absolute Gasteiger partial charge is 0.573 e. The molecule has 22 heavy (non-hydrogen) atoms. The summed E-state index contributed by atoms with van der Waals surface area (Å²) < 4.78 is 58.5. The maximum absolute atomic E-state index is 13.6. The molecule has 0 aromatic heterocycles. The second-order valence-electron chi connectivity index (χ2n) is 4.26. The summed E-state index contributed by atoms with van der Waals surface area (Å²) in [6, 6.07) is 10.5. The molecule has 0 aliphatic carbocycles. The zero-order chi connectivity index (χ0) is 16.2. The van der Waals surface area contributed by atoms with Gasteiger partial charge in [-0.3, -0.25) is 4.79 Å². The van der Waals surface area contributed by atoms with Crippen molar-refractivity contribution in [3.63, 3.8) is 0 Å². The van der Waals surface area contributed by atoms with Gasteiger partial charge in [0.05, 0.1) is 6.42 Å². The van der Waals surface area contributed by atoms with Crippen LogP contribution in [0.3, 0.4) is 0 Å². The minimum absolute atomic E-state index is 0.248. The van der Waals surface area contributed by atoms with E-state index in [9.17, 15) is 22.4 Å². The normalized spacial score (nSPS) is 11.1. The number of ether oxygens (including phenoxy) is 2. The Morgan fingerprint density at radius 3 is 2.32 bits per heavy atom. The molecule has 0 fully saturated rings. The Bertz CT molecular complexity index is 654. The van der Waals surface area contributed by atoms with E-state index in [-0.39, 0.29) is 11.3 Å². The summed E-state index contributed by atoms with van der Waals surface area (Å²) in [5.74, 6) is -1.96. The van der Waals surface area contributed by atoms with E-state index in [0.717, 1.165) is 18.2 Å². The second kappa shape index (κ2) is 6.46. The Labute approximate surface area is 123 Å². The van der Waals surface area contributed by atoms with E-state index in [0.29, 0.717) is 0 Å². The first-order valence-electron chi connectivity index (χ1n) is 6.13. The molecule has 0 N–H and O–H groups in total. The third-order valence-electron chi connectivity index (χ3n) is 2.56. The lowest BCUT2D eigenvalue weighted by Gasteiger charge is -2.10. The standard InChI is InChI=1S/C15H10F4O3/c16-13-7-6-12(22-15(17,18)19)8-10(13)9-14(20)21-11-4-2-1-3-5-11/h1-8H,9H2. The Morgan fingerprint density at radius 1 is 1.00 bits per heavy atom. The maximum atomic E-state index is 13.6. The SMILES string of the molecule is O=C(Cc1cc(OC(F)(F)F)ccc1F)Oc1ccccc1. The summed E-state index contributed by atoms with van der Waals surface area (Å²) in [6.45, 7) is 0. The van der Waals surface area contributed by atoms with Crippen LogP contribution < -0.4 is 9.47 Å². The van der Waals surface area contributed by atoms with Crippen LogP contribution in [0.4, 0.5) is 17.6 Å². The average Bonchev–Trinajstić information content (AvgIpc) is 2.42. The van der Waals surface area contributed by atoms with Gasteiger partial charge in [0.1, 0.15) is 17.3 Å². The molecule has 0 saturated heterocycles. The number of hydrogen-bond acceptors (Lipinski definition) is 3. The van der Waals surface area contributed by atoms with Gasteiger partial charge in [-0.1, -0.05) is 18.2 Å². The van der Waals surface area contributed by atoms with Gasteiger partial charge in [-0.15, -0.1) is 13.2 Å². The highest BCUT2D eigenvalue weighted by atomic mass is 19.4. The molecule has 0 amide bonds. The molecule has 0 radical (unpaired) electrons.